The molecule has 0 saturated carbocycles. The van der Waals surface area contributed by atoms with Crippen molar-refractivity contribution in [2.45, 2.75) is 39.2 Å². The molecule has 4 nitrogen and oxygen atoms in total. The van der Waals surface area contributed by atoms with Gasteiger partial charge in [-0.15, -0.1) is 0 Å². The van der Waals surface area contributed by atoms with E-state index in [1.54, 1.807) is 4.90 Å². The van der Waals surface area contributed by atoms with Gasteiger partial charge < -0.3 is 14.4 Å². The summed E-state index contributed by atoms with van der Waals surface area (Å²) >= 11 is 3.61. The average Bonchev–Trinajstić information content (AvgIpc) is 2.66. The van der Waals surface area contributed by atoms with E-state index in [0.717, 1.165) is 47.3 Å². The Morgan fingerprint density at radius 2 is 1.82 bits per heavy atom. The molecule has 5 heteroatoms. The Morgan fingerprint density at radius 3 is 2.50 bits per heavy atom. The molecule has 150 valence electrons. The Kier molecular flexibility index (Phi) is 6.65. The number of carbonyl (C=O) groups is 1. The molecule has 1 fully saturated rings. The Balaban J connectivity index is 1.52. The van der Waals surface area contributed by atoms with Gasteiger partial charge in [0.2, 0.25) is 0 Å². The lowest BCUT2D eigenvalue weighted by molar-refractivity contribution is 0.0165. The number of nitrogens with zero attached hydrogens (tertiary/aromatic N) is 1. The third-order valence-electron chi connectivity index (χ3n) is 4.77. The molecule has 1 aliphatic heterocycles. The number of hydrogen-bond donors (Lipinski definition) is 0. The van der Waals surface area contributed by atoms with Gasteiger partial charge in [-0.3, -0.25) is 0 Å². The van der Waals surface area contributed by atoms with Gasteiger partial charge in [-0.1, -0.05) is 46.3 Å². The van der Waals surface area contributed by atoms with Gasteiger partial charge >= 0.3 is 6.09 Å². The van der Waals surface area contributed by atoms with Crippen molar-refractivity contribution in [3.8, 4) is 16.9 Å². The van der Waals surface area contributed by atoms with E-state index in [-0.39, 0.29) is 6.09 Å². The van der Waals surface area contributed by atoms with Gasteiger partial charge in [0, 0.05) is 17.6 Å². The zero-order valence-corrected chi connectivity index (χ0v) is 18.4. The van der Waals surface area contributed by atoms with Crippen LogP contribution in [0.15, 0.2) is 53.0 Å². The minimum Gasteiger partial charge on any atom is -0.493 e. The monoisotopic (exact) mass is 445 g/mol. The van der Waals surface area contributed by atoms with Crippen LogP contribution in [0, 0.1) is 5.92 Å². The normalized spacial score (nSPS) is 15.4. The second-order valence-corrected chi connectivity index (χ2v) is 9.08. The van der Waals surface area contributed by atoms with E-state index in [2.05, 4.69) is 34.1 Å². The van der Waals surface area contributed by atoms with E-state index in [1.165, 1.54) is 0 Å². The maximum Gasteiger partial charge on any atom is 0.410 e. The van der Waals surface area contributed by atoms with Crippen LogP contribution in [0.1, 0.15) is 33.6 Å². The molecule has 0 bridgehead atoms. The topological polar surface area (TPSA) is 38.8 Å². The summed E-state index contributed by atoms with van der Waals surface area (Å²) in [6, 6.07) is 16.4. The Hall–Kier alpha value is -2.01. The van der Waals surface area contributed by atoms with Crippen LogP contribution >= 0.6 is 15.9 Å². The van der Waals surface area contributed by atoms with Crippen molar-refractivity contribution < 1.29 is 14.3 Å². The number of piperidine rings is 1. The van der Waals surface area contributed by atoms with Gasteiger partial charge in [0.05, 0.1) is 6.61 Å². The predicted octanol–water partition coefficient (Wildman–Crippen LogP) is 6.14. The Morgan fingerprint density at radius 1 is 1.11 bits per heavy atom. The molecule has 2 aromatic carbocycles. The SMILES string of the molecule is CC(C)(C)OC(=O)N1CCC(COc2cccc(-c3ccccc3Br)c2)CC1. The van der Waals surface area contributed by atoms with Crippen LogP contribution in [-0.2, 0) is 4.74 Å². The molecule has 1 aliphatic rings. The molecule has 1 saturated heterocycles. The predicted molar refractivity (Wildman–Crippen MR) is 116 cm³/mol. The van der Waals surface area contributed by atoms with Crippen LogP contribution in [0.3, 0.4) is 0 Å². The molecular weight excluding hydrogens is 418 g/mol. The second-order valence-electron chi connectivity index (χ2n) is 8.23. The first-order valence-electron chi connectivity index (χ1n) is 9.77. The van der Waals surface area contributed by atoms with Crippen LogP contribution in [0.5, 0.6) is 5.75 Å². The summed E-state index contributed by atoms with van der Waals surface area (Å²) in [5.74, 6) is 1.33. The third-order valence-corrected chi connectivity index (χ3v) is 5.46. The van der Waals surface area contributed by atoms with E-state index in [9.17, 15) is 4.79 Å². The average molecular weight is 446 g/mol. The number of amides is 1. The van der Waals surface area contributed by atoms with E-state index >= 15 is 0 Å². The summed E-state index contributed by atoms with van der Waals surface area (Å²) in [4.78, 5) is 14.0. The van der Waals surface area contributed by atoms with Crippen LogP contribution < -0.4 is 4.74 Å². The van der Waals surface area contributed by atoms with Gasteiger partial charge in [0.25, 0.3) is 0 Å². The molecule has 3 rings (SSSR count). The van der Waals surface area contributed by atoms with Crippen molar-refractivity contribution in [3.63, 3.8) is 0 Å². The van der Waals surface area contributed by atoms with Gasteiger partial charge in [-0.25, -0.2) is 4.79 Å². The van der Waals surface area contributed by atoms with Crippen LogP contribution in [0.25, 0.3) is 11.1 Å². The molecule has 2 aromatic rings. The van der Waals surface area contributed by atoms with Gasteiger partial charge in [0.15, 0.2) is 0 Å². The lowest BCUT2D eigenvalue weighted by Gasteiger charge is -2.33. The fourth-order valence-electron chi connectivity index (χ4n) is 3.27. The van der Waals surface area contributed by atoms with Crippen molar-refractivity contribution in [2.24, 2.45) is 5.92 Å². The second kappa shape index (κ2) is 8.99. The Labute approximate surface area is 176 Å². The number of halogens is 1. The zero-order chi connectivity index (χ0) is 20.1. The molecule has 0 spiro atoms. The van der Waals surface area contributed by atoms with Gasteiger partial charge in [-0.05, 0) is 68.9 Å². The van der Waals surface area contributed by atoms with Crippen LogP contribution in [-0.4, -0.2) is 36.3 Å². The maximum absolute atomic E-state index is 12.2. The third kappa shape index (κ3) is 5.74. The number of likely N-dealkylation sites (tertiary alicyclic amines) is 1. The number of ether oxygens (including phenoxy) is 2. The highest BCUT2D eigenvalue weighted by Gasteiger charge is 2.27. The molecule has 1 heterocycles. The summed E-state index contributed by atoms with van der Waals surface area (Å²) in [6.07, 6.45) is 1.65. The molecule has 0 unspecified atom stereocenters. The van der Waals surface area contributed by atoms with Crippen molar-refractivity contribution >= 4 is 22.0 Å². The molecule has 0 aromatic heterocycles. The number of benzene rings is 2. The summed E-state index contributed by atoms with van der Waals surface area (Å²) < 4.78 is 12.6. The van der Waals surface area contributed by atoms with E-state index in [0.29, 0.717) is 12.5 Å². The van der Waals surface area contributed by atoms with Crippen LogP contribution in [0.4, 0.5) is 4.79 Å². The molecule has 0 radical (unpaired) electrons. The molecule has 0 aliphatic carbocycles. The van der Waals surface area contributed by atoms with Crippen molar-refractivity contribution in [1.29, 1.82) is 0 Å². The molecule has 28 heavy (non-hydrogen) atoms. The summed E-state index contributed by atoms with van der Waals surface area (Å²) in [5.41, 5.74) is 1.83. The highest BCUT2D eigenvalue weighted by Crippen LogP contribution is 2.30. The summed E-state index contributed by atoms with van der Waals surface area (Å²) in [5, 5.41) is 0. The highest BCUT2D eigenvalue weighted by molar-refractivity contribution is 9.10. The highest BCUT2D eigenvalue weighted by atomic mass is 79.9. The summed E-state index contributed by atoms with van der Waals surface area (Å²) in [6.45, 7) is 7.80. The van der Waals surface area contributed by atoms with E-state index in [1.807, 2.05) is 51.1 Å². The van der Waals surface area contributed by atoms with Crippen molar-refractivity contribution in [2.75, 3.05) is 19.7 Å². The molecule has 1 amide bonds. The molecular formula is C23H28BrNO3. The van der Waals surface area contributed by atoms with Gasteiger partial charge in [0.1, 0.15) is 11.4 Å². The minimum atomic E-state index is -0.449. The maximum atomic E-state index is 12.2. The lowest BCUT2D eigenvalue weighted by atomic mass is 9.98. The minimum absolute atomic E-state index is 0.215. The number of rotatable bonds is 4. The first-order valence-corrected chi connectivity index (χ1v) is 10.6. The lowest BCUT2D eigenvalue weighted by Crippen LogP contribution is -2.42. The van der Waals surface area contributed by atoms with Crippen molar-refractivity contribution in [3.05, 3.63) is 53.0 Å². The standard InChI is InChI=1S/C23H28BrNO3/c1-23(2,3)28-22(26)25-13-11-17(12-14-25)16-27-19-8-6-7-18(15-19)20-9-4-5-10-21(20)24/h4-10,15,17H,11-14,16H2,1-3H3. The summed E-state index contributed by atoms with van der Waals surface area (Å²) in [7, 11) is 0. The quantitative estimate of drug-likeness (QED) is 0.566. The molecule has 0 atom stereocenters. The van der Waals surface area contributed by atoms with Crippen molar-refractivity contribution in [1.82, 2.24) is 4.90 Å². The Bertz CT molecular complexity index is 807. The van der Waals surface area contributed by atoms with Crippen LogP contribution in [0.2, 0.25) is 0 Å². The zero-order valence-electron chi connectivity index (χ0n) is 16.8. The first kappa shape index (κ1) is 20.7. The fraction of sp³-hybridized carbons (Fsp3) is 0.435. The van der Waals surface area contributed by atoms with E-state index < -0.39 is 5.60 Å². The first-order chi connectivity index (χ1) is 13.3. The van der Waals surface area contributed by atoms with E-state index in [4.69, 9.17) is 9.47 Å². The van der Waals surface area contributed by atoms with Gasteiger partial charge in [-0.2, -0.15) is 0 Å². The fourth-order valence-corrected chi connectivity index (χ4v) is 3.79. The molecule has 0 N–H and O–H groups in total. The number of hydrogen-bond acceptors (Lipinski definition) is 3. The smallest absolute Gasteiger partial charge is 0.410 e. The largest absolute Gasteiger partial charge is 0.493 e. The number of carbonyl (C=O) groups excluding carboxylic acids is 1.